The van der Waals surface area contributed by atoms with Crippen molar-refractivity contribution in [2.75, 3.05) is 23.8 Å². The van der Waals surface area contributed by atoms with Gasteiger partial charge < -0.3 is 20.6 Å². The number of aliphatic carboxylic acids is 2. The maximum Gasteiger partial charge on any atom is 0.303 e. The molecule has 1 aromatic carbocycles. The number of rotatable bonds is 10. The molecule has 0 spiro atoms. The first-order valence-corrected chi connectivity index (χ1v) is 10.3. The summed E-state index contributed by atoms with van der Waals surface area (Å²) in [5, 5.41) is 30.9. The average Bonchev–Trinajstić information content (AvgIpc) is 2.63. The Morgan fingerprint density at radius 1 is 0.963 bits per heavy atom. The molecule has 2 rings (SSSR count). The third-order valence-electron chi connectivity index (χ3n) is 3.96. The molecule has 0 fully saturated rings. The van der Waals surface area contributed by atoms with Gasteiger partial charge in [-0.05, 0) is 42.8 Å². The summed E-state index contributed by atoms with van der Waals surface area (Å²) in [7, 11) is -0.847. The van der Waals surface area contributed by atoms with Gasteiger partial charge in [0.05, 0.1) is 5.69 Å². The molecule has 2 aromatic rings. The van der Waals surface area contributed by atoms with Crippen LogP contribution in [0.15, 0.2) is 30.5 Å². The molecule has 8 nitrogen and oxygen atoms in total. The van der Waals surface area contributed by atoms with E-state index in [1.807, 2.05) is 0 Å². The molecule has 0 bridgehead atoms. The summed E-state index contributed by atoms with van der Waals surface area (Å²) in [6.45, 7) is 0. The molecule has 0 saturated carbocycles. The smallest absolute Gasteiger partial charge is 0.303 e. The lowest BCUT2D eigenvalue weighted by molar-refractivity contribution is -0.137. The molecule has 1 aromatic heterocycles. The number of carbonyl (C=O) groups is 3. The van der Waals surface area contributed by atoms with E-state index in [2.05, 4.69) is 10.3 Å². The molecule has 9 heteroatoms. The number of hydrogen-bond acceptors (Lipinski definition) is 5. The number of nitrogens with zero attached hydrogens (tertiary/aromatic N) is 1. The third-order valence-corrected chi connectivity index (χ3v) is 6.53. The number of carbonyl (C=O) groups excluding carboxylic acids is 1. The maximum atomic E-state index is 12.3. The van der Waals surface area contributed by atoms with E-state index in [4.69, 9.17) is 10.2 Å². The van der Waals surface area contributed by atoms with E-state index in [9.17, 15) is 19.5 Å². The van der Waals surface area contributed by atoms with Crippen molar-refractivity contribution in [2.24, 2.45) is 0 Å². The lowest BCUT2D eigenvalue weighted by Gasteiger charge is -2.16. The highest BCUT2D eigenvalue weighted by atomic mass is 31.1. The predicted molar refractivity (Wildman–Crippen MR) is 103 cm³/mol. The van der Waals surface area contributed by atoms with Crippen LogP contribution in [0.2, 0.25) is 0 Å². The van der Waals surface area contributed by atoms with Crippen molar-refractivity contribution in [3.8, 4) is 5.75 Å². The lowest BCUT2D eigenvalue weighted by Crippen LogP contribution is -2.14. The number of benzene rings is 1. The second-order valence-electron chi connectivity index (χ2n) is 5.96. The molecule has 0 radical (unpaired) electrons. The number of pyridine rings is 1. The van der Waals surface area contributed by atoms with Crippen LogP contribution in [0.1, 0.15) is 19.3 Å². The quantitative estimate of drug-likeness (QED) is 0.360. The number of amides is 1. The van der Waals surface area contributed by atoms with Crippen molar-refractivity contribution in [3.63, 3.8) is 0 Å². The zero-order chi connectivity index (χ0) is 19.8. The van der Waals surface area contributed by atoms with Gasteiger partial charge in [-0.15, -0.1) is 7.92 Å². The minimum absolute atomic E-state index is 0.0226. The normalized spacial score (nSPS) is 10.9. The zero-order valence-corrected chi connectivity index (χ0v) is 15.5. The summed E-state index contributed by atoms with van der Waals surface area (Å²) < 4.78 is 0. The Hall–Kier alpha value is -2.73. The van der Waals surface area contributed by atoms with Gasteiger partial charge in [-0.1, -0.05) is 0 Å². The average molecular weight is 392 g/mol. The van der Waals surface area contributed by atoms with Gasteiger partial charge in [0.25, 0.3) is 0 Å². The zero-order valence-electron chi connectivity index (χ0n) is 14.6. The van der Waals surface area contributed by atoms with Gasteiger partial charge in [-0.2, -0.15) is 0 Å². The van der Waals surface area contributed by atoms with Gasteiger partial charge in [0.2, 0.25) is 5.91 Å². The van der Waals surface area contributed by atoms with Crippen LogP contribution in [-0.4, -0.2) is 56.6 Å². The van der Waals surface area contributed by atoms with Crippen LogP contribution in [0.25, 0.3) is 10.9 Å². The highest BCUT2D eigenvalue weighted by molar-refractivity contribution is 7.57. The molecular weight excluding hydrogens is 371 g/mol. The van der Waals surface area contributed by atoms with Gasteiger partial charge in [0.1, 0.15) is 11.3 Å². The summed E-state index contributed by atoms with van der Waals surface area (Å²) in [5.74, 6) is -2.07. The summed E-state index contributed by atoms with van der Waals surface area (Å²) in [6.07, 6.45) is 2.94. The third kappa shape index (κ3) is 6.49. The molecule has 4 N–H and O–H groups in total. The highest BCUT2D eigenvalue weighted by Gasteiger charge is 2.15. The van der Waals surface area contributed by atoms with Gasteiger partial charge >= 0.3 is 11.9 Å². The van der Waals surface area contributed by atoms with Gasteiger partial charge in [0.15, 0.2) is 0 Å². The Morgan fingerprint density at radius 3 is 2.22 bits per heavy atom. The predicted octanol–water partition coefficient (Wildman–Crippen LogP) is 2.70. The van der Waals surface area contributed by atoms with Crippen LogP contribution in [0.3, 0.4) is 0 Å². The largest absolute Gasteiger partial charge is 0.506 e. The Kier molecular flexibility index (Phi) is 7.49. The Labute approximate surface area is 157 Å². The number of fused-ring (bicyclic) bond motifs is 1. The fourth-order valence-corrected chi connectivity index (χ4v) is 4.79. The topological polar surface area (TPSA) is 137 Å². The van der Waals surface area contributed by atoms with Crippen LogP contribution in [0.4, 0.5) is 5.69 Å². The van der Waals surface area contributed by atoms with Crippen molar-refractivity contribution in [1.29, 1.82) is 0 Å². The molecule has 0 aliphatic heterocycles. The summed E-state index contributed by atoms with van der Waals surface area (Å²) in [6, 6.07) is 6.49. The minimum Gasteiger partial charge on any atom is -0.506 e. The fraction of sp³-hybridized carbons (Fsp3) is 0.333. The molecular formula is C18H21N2O6P. The highest BCUT2D eigenvalue weighted by Crippen LogP contribution is 2.38. The first-order valence-electron chi connectivity index (χ1n) is 8.39. The van der Waals surface area contributed by atoms with Crippen molar-refractivity contribution in [3.05, 3.63) is 30.5 Å². The van der Waals surface area contributed by atoms with Crippen LogP contribution in [-0.2, 0) is 14.4 Å². The maximum absolute atomic E-state index is 12.3. The number of carboxylic acid groups (broad SMARTS) is 2. The molecule has 0 aliphatic rings. The standard InChI is InChI=1S/C18H21N2O6P/c21-14-4-3-13(12-2-1-8-19-18(12)14)20-15(22)5-9-27(10-6-16(23)24)11-7-17(25)26/h1-4,8,21H,5-7,9-11H2,(H,20,22)(H,23,24)(H,25,26). The monoisotopic (exact) mass is 392 g/mol. The first kappa shape index (κ1) is 20.6. The van der Waals surface area contributed by atoms with E-state index in [0.29, 0.717) is 35.1 Å². The summed E-state index contributed by atoms with van der Waals surface area (Å²) >= 11 is 0. The second-order valence-corrected chi connectivity index (χ2v) is 8.64. The lowest BCUT2D eigenvalue weighted by atomic mass is 10.1. The van der Waals surface area contributed by atoms with Crippen molar-refractivity contribution in [1.82, 2.24) is 4.98 Å². The molecule has 0 atom stereocenters. The fourth-order valence-electron chi connectivity index (χ4n) is 2.58. The molecule has 0 saturated heterocycles. The number of phenols is 1. The Balaban J connectivity index is 1.98. The molecule has 0 aliphatic carbocycles. The van der Waals surface area contributed by atoms with E-state index in [0.717, 1.165) is 0 Å². The van der Waals surface area contributed by atoms with E-state index >= 15 is 0 Å². The van der Waals surface area contributed by atoms with Gasteiger partial charge in [-0.25, -0.2) is 0 Å². The molecule has 1 heterocycles. The van der Waals surface area contributed by atoms with Gasteiger partial charge in [0, 0.05) is 30.8 Å². The Morgan fingerprint density at radius 2 is 1.59 bits per heavy atom. The number of nitrogens with one attached hydrogen (secondary N) is 1. The van der Waals surface area contributed by atoms with Gasteiger partial charge in [-0.3, -0.25) is 19.4 Å². The van der Waals surface area contributed by atoms with Crippen LogP contribution < -0.4 is 5.32 Å². The number of aromatic nitrogens is 1. The van der Waals surface area contributed by atoms with Crippen LogP contribution >= 0.6 is 7.92 Å². The Bertz CT molecular complexity index is 824. The number of hydrogen-bond donors (Lipinski definition) is 4. The molecule has 0 unspecified atom stereocenters. The number of phenolic OH excluding ortho intramolecular Hbond substituents is 1. The number of anilines is 1. The van der Waals surface area contributed by atoms with Crippen molar-refractivity contribution in [2.45, 2.75) is 19.3 Å². The van der Waals surface area contributed by atoms with E-state index in [1.54, 1.807) is 24.4 Å². The first-order chi connectivity index (χ1) is 12.9. The second kappa shape index (κ2) is 9.83. The van der Waals surface area contributed by atoms with Crippen LogP contribution in [0.5, 0.6) is 5.75 Å². The number of carboxylic acids is 2. The summed E-state index contributed by atoms with van der Waals surface area (Å²) in [4.78, 5) is 37.9. The molecule has 27 heavy (non-hydrogen) atoms. The van der Waals surface area contributed by atoms with E-state index in [1.165, 1.54) is 6.07 Å². The SMILES string of the molecule is O=C(O)CCP(CCC(=O)O)CCC(=O)Nc1ccc(O)c2ncccc12. The van der Waals surface area contributed by atoms with Crippen molar-refractivity contribution < 1.29 is 29.7 Å². The van der Waals surface area contributed by atoms with Crippen molar-refractivity contribution >= 4 is 42.4 Å². The minimum atomic E-state index is -0.926. The number of aromatic hydroxyl groups is 1. The van der Waals surface area contributed by atoms with Crippen LogP contribution in [0, 0.1) is 0 Å². The van der Waals surface area contributed by atoms with E-state index in [-0.39, 0.29) is 30.9 Å². The molecule has 144 valence electrons. The van der Waals surface area contributed by atoms with E-state index < -0.39 is 19.9 Å². The summed E-state index contributed by atoms with van der Waals surface area (Å²) in [5.41, 5.74) is 0.918. The molecule has 1 amide bonds.